The summed E-state index contributed by atoms with van der Waals surface area (Å²) in [5.41, 5.74) is 2.08. The van der Waals surface area contributed by atoms with Gasteiger partial charge in [-0.2, -0.15) is 0 Å². The van der Waals surface area contributed by atoms with Crippen LogP contribution in [0.25, 0.3) is 10.9 Å². The van der Waals surface area contributed by atoms with E-state index in [1.54, 1.807) is 42.5 Å². The first-order chi connectivity index (χ1) is 12.0. The van der Waals surface area contributed by atoms with E-state index < -0.39 is 11.9 Å². The number of hydrogen-bond acceptors (Lipinski definition) is 5. The van der Waals surface area contributed by atoms with Crippen molar-refractivity contribution in [2.75, 3.05) is 19.5 Å². The van der Waals surface area contributed by atoms with Gasteiger partial charge in [0.1, 0.15) is 11.4 Å². The molecule has 2 N–H and O–H groups in total. The van der Waals surface area contributed by atoms with Crippen molar-refractivity contribution in [2.45, 2.75) is 0 Å². The Morgan fingerprint density at radius 1 is 1.00 bits per heavy atom. The summed E-state index contributed by atoms with van der Waals surface area (Å²) in [4.78, 5) is 27.2. The summed E-state index contributed by atoms with van der Waals surface area (Å²) in [6.45, 7) is 0. The second-order valence-corrected chi connectivity index (χ2v) is 5.69. The molecule has 1 heterocycles. The molecule has 0 spiro atoms. The fourth-order valence-corrected chi connectivity index (χ4v) is 2.65. The van der Waals surface area contributed by atoms with Crippen molar-refractivity contribution in [3.8, 4) is 0 Å². The Bertz CT molecular complexity index is 948. The van der Waals surface area contributed by atoms with E-state index in [-0.39, 0.29) is 0 Å². The number of carbonyl (C=O) groups is 2. The summed E-state index contributed by atoms with van der Waals surface area (Å²) in [5.74, 6) is -0.540. The molecule has 0 saturated heterocycles. The topological polar surface area (TPSA) is 80.4 Å². The van der Waals surface area contributed by atoms with E-state index in [1.807, 2.05) is 0 Å². The number of nitrogens with one attached hydrogen (secondary N) is 2. The van der Waals surface area contributed by atoms with Crippen LogP contribution in [0, 0.1) is 0 Å². The van der Waals surface area contributed by atoms with Gasteiger partial charge >= 0.3 is 11.9 Å². The number of aromatic amines is 1. The summed E-state index contributed by atoms with van der Waals surface area (Å²) < 4.78 is 9.62. The van der Waals surface area contributed by atoms with Crippen molar-refractivity contribution in [2.24, 2.45) is 0 Å². The smallest absolute Gasteiger partial charge is 0.342 e. The van der Waals surface area contributed by atoms with Crippen molar-refractivity contribution in [3.63, 3.8) is 0 Å². The molecule has 0 amide bonds. The number of rotatable bonds is 4. The van der Waals surface area contributed by atoms with Gasteiger partial charge in [-0.3, -0.25) is 0 Å². The molecule has 0 bridgehead atoms. The molecule has 0 aliphatic carbocycles. The van der Waals surface area contributed by atoms with E-state index in [0.29, 0.717) is 32.9 Å². The molecule has 0 unspecified atom stereocenters. The highest BCUT2D eigenvalue weighted by Crippen LogP contribution is 2.30. The summed E-state index contributed by atoms with van der Waals surface area (Å²) in [5, 5.41) is 4.31. The number of fused-ring (bicyclic) bond motifs is 1. The van der Waals surface area contributed by atoms with Crippen LogP contribution in [0.5, 0.6) is 0 Å². The number of H-pyrrole nitrogens is 1. The molecule has 2 aromatic carbocycles. The third kappa shape index (κ3) is 3.29. The average molecular weight is 359 g/mol. The molecule has 0 aliphatic heterocycles. The van der Waals surface area contributed by atoms with Gasteiger partial charge in [-0.05, 0) is 42.5 Å². The van der Waals surface area contributed by atoms with Gasteiger partial charge in [0, 0.05) is 21.6 Å². The molecule has 6 nitrogen and oxygen atoms in total. The third-order valence-corrected chi connectivity index (χ3v) is 3.97. The van der Waals surface area contributed by atoms with E-state index in [4.69, 9.17) is 21.1 Å². The number of anilines is 2. The zero-order chi connectivity index (χ0) is 18.0. The highest BCUT2D eigenvalue weighted by atomic mass is 35.5. The van der Waals surface area contributed by atoms with E-state index in [1.165, 1.54) is 14.2 Å². The van der Waals surface area contributed by atoms with Gasteiger partial charge in [0.25, 0.3) is 0 Å². The van der Waals surface area contributed by atoms with Crippen molar-refractivity contribution >= 4 is 45.9 Å². The maximum Gasteiger partial charge on any atom is 0.342 e. The molecule has 0 atom stereocenters. The highest BCUT2D eigenvalue weighted by Gasteiger charge is 2.21. The van der Waals surface area contributed by atoms with Crippen molar-refractivity contribution in [1.29, 1.82) is 0 Å². The number of halogens is 1. The quantitative estimate of drug-likeness (QED) is 0.685. The lowest BCUT2D eigenvalue weighted by Gasteiger charge is -2.07. The van der Waals surface area contributed by atoms with E-state index >= 15 is 0 Å². The molecule has 0 fully saturated rings. The molecular weight excluding hydrogens is 344 g/mol. The number of esters is 2. The predicted molar refractivity (Wildman–Crippen MR) is 95.7 cm³/mol. The Balaban J connectivity index is 2.12. The number of aromatic nitrogens is 1. The van der Waals surface area contributed by atoms with Crippen LogP contribution in [0.15, 0.2) is 42.5 Å². The van der Waals surface area contributed by atoms with Gasteiger partial charge < -0.3 is 19.8 Å². The van der Waals surface area contributed by atoms with Gasteiger partial charge in [0.05, 0.1) is 19.8 Å². The minimum absolute atomic E-state index is 0.304. The van der Waals surface area contributed by atoms with E-state index in [9.17, 15) is 9.59 Å². The van der Waals surface area contributed by atoms with Gasteiger partial charge in [-0.1, -0.05) is 11.6 Å². The molecule has 0 saturated carbocycles. The Morgan fingerprint density at radius 3 is 2.32 bits per heavy atom. The van der Waals surface area contributed by atoms with Crippen LogP contribution < -0.4 is 5.32 Å². The Kier molecular flexibility index (Phi) is 4.63. The van der Waals surface area contributed by atoms with Gasteiger partial charge in [0.15, 0.2) is 0 Å². The monoisotopic (exact) mass is 358 g/mol. The maximum atomic E-state index is 12.3. The van der Waals surface area contributed by atoms with Crippen LogP contribution in [-0.2, 0) is 9.47 Å². The zero-order valence-corrected chi connectivity index (χ0v) is 14.3. The molecule has 7 heteroatoms. The van der Waals surface area contributed by atoms with Crippen LogP contribution >= 0.6 is 11.6 Å². The Hall–Kier alpha value is -2.99. The van der Waals surface area contributed by atoms with Crippen molar-refractivity contribution in [3.05, 3.63) is 58.6 Å². The Morgan fingerprint density at radius 2 is 1.68 bits per heavy atom. The number of benzene rings is 2. The zero-order valence-electron chi connectivity index (χ0n) is 13.6. The normalized spacial score (nSPS) is 10.5. The molecule has 3 rings (SSSR count). The van der Waals surface area contributed by atoms with Gasteiger partial charge in [-0.25, -0.2) is 9.59 Å². The first-order valence-corrected chi connectivity index (χ1v) is 7.76. The average Bonchev–Trinajstić information content (AvgIpc) is 2.99. The third-order valence-electron chi connectivity index (χ3n) is 3.72. The fourth-order valence-electron chi connectivity index (χ4n) is 2.52. The number of ether oxygens (including phenoxy) is 2. The molecule has 0 aliphatic rings. The van der Waals surface area contributed by atoms with Crippen LogP contribution in [0.4, 0.5) is 11.5 Å². The summed E-state index contributed by atoms with van der Waals surface area (Å²) >= 11 is 5.89. The molecule has 128 valence electrons. The molecule has 1 aromatic heterocycles. The lowest BCUT2D eigenvalue weighted by atomic mass is 10.1. The van der Waals surface area contributed by atoms with Crippen molar-refractivity contribution < 1.29 is 19.1 Å². The molecule has 3 aromatic rings. The summed E-state index contributed by atoms with van der Waals surface area (Å²) in [6, 6.07) is 12.0. The molecule has 25 heavy (non-hydrogen) atoms. The molecular formula is C18H15ClN2O4. The second kappa shape index (κ2) is 6.86. The minimum Gasteiger partial charge on any atom is -0.465 e. The summed E-state index contributed by atoms with van der Waals surface area (Å²) in [6.07, 6.45) is 0. The summed E-state index contributed by atoms with van der Waals surface area (Å²) in [7, 11) is 2.61. The van der Waals surface area contributed by atoms with Crippen LogP contribution in [-0.4, -0.2) is 31.1 Å². The SMILES string of the molecule is COC(=O)c1ccc2[nH]c(Nc3ccc(Cl)cc3)c(C(=O)OC)c2c1. The van der Waals surface area contributed by atoms with E-state index in [2.05, 4.69) is 10.3 Å². The standard InChI is InChI=1S/C18H15ClN2O4/c1-24-17(22)10-3-8-14-13(9-10)15(18(23)25-2)16(21-14)20-12-6-4-11(19)5-7-12/h3-9,20-21H,1-2H3. The highest BCUT2D eigenvalue weighted by molar-refractivity contribution is 6.30. The maximum absolute atomic E-state index is 12.3. The number of hydrogen-bond donors (Lipinski definition) is 2. The van der Waals surface area contributed by atoms with Crippen molar-refractivity contribution in [1.82, 2.24) is 4.98 Å². The number of methoxy groups -OCH3 is 2. The fraction of sp³-hybridized carbons (Fsp3) is 0.111. The van der Waals surface area contributed by atoms with Crippen LogP contribution in [0.2, 0.25) is 5.02 Å². The number of carbonyl (C=O) groups excluding carboxylic acids is 2. The van der Waals surface area contributed by atoms with Gasteiger partial charge in [0.2, 0.25) is 0 Å². The lowest BCUT2D eigenvalue weighted by molar-refractivity contribution is 0.0591. The first kappa shape index (κ1) is 16.9. The predicted octanol–water partition coefficient (Wildman–Crippen LogP) is 4.14. The van der Waals surface area contributed by atoms with Crippen LogP contribution in [0.3, 0.4) is 0 Å². The Labute approximate surface area is 148 Å². The second-order valence-electron chi connectivity index (χ2n) is 5.25. The van der Waals surface area contributed by atoms with E-state index in [0.717, 1.165) is 5.69 Å². The van der Waals surface area contributed by atoms with Crippen LogP contribution in [0.1, 0.15) is 20.7 Å². The first-order valence-electron chi connectivity index (χ1n) is 7.38. The molecule has 0 radical (unpaired) electrons. The minimum atomic E-state index is -0.523. The largest absolute Gasteiger partial charge is 0.465 e. The van der Waals surface area contributed by atoms with Gasteiger partial charge in [-0.15, -0.1) is 0 Å². The lowest BCUT2D eigenvalue weighted by Crippen LogP contribution is -2.05.